The molecule has 2 rings (SSSR count). The van der Waals surface area contributed by atoms with Gasteiger partial charge in [0.05, 0.1) is 6.42 Å². The van der Waals surface area contributed by atoms with Gasteiger partial charge in [-0.05, 0) is 30.5 Å². The molecule has 3 nitrogen and oxygen atoms in total. The standard InChI is InChI=1S/C15H21FN2O/c1-18(17-14-5-3-2-4-6-14)15(19)11-12-7-9-13(16)10-8-12/h7-10,14,17H,2-6,11H2,1H3. The number of hydrazine groups is 1. The van der Waals surface area contributed by atoms with Crippen LogP contribution in [0.5, 0.6) is 0 Å². The molecule has 1 fully saturated rings. The minimum absolute atomic E-state index is 0.0113. The summed E-state index contributed by atoms with van der Waals surface area (Å²) in [5, 5.41) is 1.58. The molecule has 1 aliphatic carbocycles. The van der Waals surface area contributed by atoms with Gasteiger partial charge in [-0.15, -0.1) is 0 Å². The Morgan fingerprint density at radius 3 is 2.53 bits per heavy atom. The fourth-order valence-corrected chi connectivity index (χ4v) is 2.47. The Morgan fingerprint density at radius 2 is 1.89 bits per heavy atom. The van der Waals surface area contributed by atoms with Crippen LogP contribution in [0.2, 0.25) is 0 Å². The zero-order valence-electron chi connectivity index (χ0n) is 11.4. The molecule has 1 amide bonds. The van der Waals surface area contributed by atoms with E-state index in [-0.39, 0.29) is 11.7 Å². The van der Waals surface area contributed by atoms with E-state index in [1.807, 2.05) is 0 Å². The van der Waals surface area contributed by atoms with Crippen molar-refractivity contribution < 1.29 is 9.18 Å². The van der Waals surface area contributed by atoms with E-state index in [1.54, 1.807) is 24.2 Å². The number of hydrogen-bond donors (Lipinski definition) is 1. The second-order valence-electron chi connectivity index (χ2n) is 5.22. The predicted molar refractivity (Wildman–Crippen MR) is 72.9 cm³/mol. The van der Waals surface area contributed by atoms with Gasteiger partial charge in [0.15, 0.2) is 0 Å². The largest absolute Gasteiger partial charge is 0.281 e. The third-order valence-corrected chi connectivity index (χ3v) is 3.62. The van der Waals surface area contributed by atoms with Crippen LogP contribution in [0.25, 0.3) is 0 Å². The second-order valence-corrected chi connectivity index (χ2v) is 5.22. The van der Waals surface area contributed by atoms with Gasteiger partial charge in [-0.3, -0.25) is 9.80 Å². The van der Waals surface area contributed by atoms with Crippen molar-refractivity contribution in [1.82, 2.24) is 10.4 Å². The Balaban J connectivity index is 1.83. The van der Waals surface area contributed by atoms with Crippen LogP contribution in [-0.2, 0) is 11.2 Å². The molecule has 0 heterocycles. The van der Waals surface area contributed by atoms with Crippen molar-refractivity contribution in [3.05, 3.63) is 35.6 Å². The molecule has 1 saturated carbocycles. The van der Waals surface area contributed by atoms with Crippen molar-refractivity contribution in [1.29, 1.82) is 0 Å². The number of nitrogens with one attached hydrogen (secondary N) is 1. The lowest BCUT2D eigenvalue weighted by Crippen LogP contribution is -2.47. The molecule has 0 unspecified atom stereocenters. The van der Waals surface area contributed by atoms with Gasteiger partial charge in [-0.1, -0.05) is 31.4 Å². The Hall–Kier alpha value is -1.42. The molecule has 1 N–H and O–H groups in total. The number of amides is 1. The molecule has 0 atom stereocenters. The van der Waals surface area contributed by atoms with E-state index in [0.29, 0.717) is 12.5 Å². The molecule has 1 aliphatic rings. The van der Waals surface area contributed by atoms with Crippen molar-refractivity contribution >= 4 is 5.91 Å². The van der Waals surface area contributed by atoms with Crippen LogP contribution in [0.3, 0.4) is 0 Å². The number of rotatable bonds is 4. The van der Waals surface area contributed by atoms with E-state index in [9.17, 15) is 9.18 Å². The molecule has 0 aromatic heterocycles. The van der Waals surface area contributed by atoms with Crippen LogP contribution in [0.4, 0.5) is 4.39 Å². The second kappa shape index (κ2) is 6.66. The highest BCUT2D eigenvalue weighted by Gasteiger charge is 2.17. The lowest BCUT2D eigenvalue weighted by atomic mass is 9.96. The average Bonchev–Trinajstić information content (AvgIpc) is 2.42. The summed E-state index contributed by atoms with van der Waals surface area (Å²) in [6, 6.07) is 6.49. The highest BCUT2D eigenvalue weighted by Crippen LogP contribution is 2.17. The Labute approximate surface area is 113 Å². The summed E-state index contributed by atoms with van der Waals surface area (Å²) in [6.07, 6.45) is 6.33. The maximum absolute atomic E-state index is 12.8. The van der Waals surface area contributed by atoms with Crippen molar-refractivity contribution in [2.45, 2.75) is 44.6 Å². The Morgan fingerprint density at radius 1 is 1.26 bits per heavy atom. The fraction of sp³-hybridized carbons (Fsp3) is 0.533. The first-order chi connectivity index (χ1) is 9.15. The molecular formula is C15H21FN2O. The summed E-state index contributed by atoms with van der Waals surface area (Å²) in [7, 11) is 1.76. The fourth-order valence-electron chi connectivity index (χ4n) is 2.47. The van der Waals surface area contributed by atoms with Crippen LogP contribution in [0.1, 0.15) is 37.7 Å². The molecule has 0 saturated heterocycles. The molecule has 0 radical (unpaired) electrons. The summed E-state index contributed by atoms with van der Waals surface area (Å²) >= 11 is 0. The number of benzene rings is 1. The number of carbonyl (C=O) groups excluding carboxylic acids is 1. The number of halogens is 1. The van der Waals surface area contributed by atoms with E-state index in [2.05, 4.69) is 5.43 Å². The number of hydrogen-bond acceptors (Lipinski definition) is 2. The quantitative estimate of drug-likeness (QED) is 0.848. The number of nitrogens with zero attached hydrogens (tertiary/aromatic N) is 1. The zero-order valence-corrected chi connectivity index (χ0v) is 11.4. The van der Waals surface area contributed by atoms with E-state index in [1.165, 1.54) is 31.4 Å². The third kappa shape index (κ3) is 4.31. The monoisotopic (exact) mass is 264 g/mol. The SMILES string of the molecule is CN(NC1CCCCC1)C(=O)Cc1ccc(F)cc1. The van der Waals surface area contributed by atoms with Crippen LogP contribution in [0, 0.1) is 5.82 Å². The van der Waals surface area contributed by atoms with Crippen molar-refractivity contribution in [3.63, 3.8) is 0 Å². The molecule has 0 bridgehead atoms. The van der Waals surface area contributed by atoms with Crippen molar-refractivity contribution in [3.8, 4) is 0 Å². The van der Waals surface area contributed by atoms with Gasteiger partial charge in [0, 0.05) is 13.1 Å². The first kappa shape index (κ1) is 14.0. The molecule has 104 valence electrons. The van der Waals surface area contributed by atoms with E-state index in [0.717, 1.165) is 18.4 Å². The zero-order chi connectivity index (χ0) is 13.7. The van der Waals surface area contributed by atoms with Crippen LogP contribution in [0.15, 0.2) is 24.3 Å². The summed E-state index contributed by atoms with van der Waals surface area (Å²) in [5.41, 5.74) is 4.10. The summed E-state index contributed by atoms with van der Waals surface area (Å²) in [4.78, 5) is 12.0. The van der Waals surface area contributed by atoms with E-state index < -0.39 is 0 Å². The minimum Gasteiger partial charge on any atom is -0.281 e. The highest BCUT2D eigenvalue weighted by atomic mass is 19.1. The maximum Gasteiger partial charge on any atom is 0.240 e. The summed E-state index contributed by atoms with van der Waals surface area (Å²) in [5.74, 6) is -0.262. The Bertz CT molecular complexity index is 413. The lowest BCUT2D eigenvalue weighted by Gasteiger charge is -2.28. The maximum atomic E-state index is 12.8. The van der Waals surface area contributed by atoms with E-state index >= 15 is 0 Å². The van der Waals surface area contributed by atoms with Gasteiger partial charge in [0.2, 0.25) is 5.91 Å². The average molecular weight is 264 g/mol. The van der Waals surface area contributed by atoms with Crippen LogP contribution in [-0.4, -0.2) is 24.0 Å². The van der Waals surface area contributed by atoms with Gasteiger partial charge in [0.1, 0.15) is 5.82 Å². The predicted octanol–water partition coefficient (Wildman–Crippen LogP) is 2.66. The molecule has 0 aliphatic heterocycles. The molecule has 4 heteroatoms. The molecule has 1 aromatic rings. The lowest BCUT2D eigenvalue weighted by molar-refractivity contribution is -0.132. The smallest absolute Gasteiger partial charge is 0.240 e. The van der Waals surface area contributed by atoms with Crippen LogP contribution < -0.4 is 5.43 Å². The molecular weight excluding hydrogens is 243 g/mol. The van der Waals surface area contributed by atoms with Gasteiger partial charge in [-0.2, -0.15) is 0 Å². The third-order valence-electron chi connectivity index (χ3n) is 3.62. The van der Waals surface area contributed by atoms with Crippen molar-refractivity contribution in [2.24, 2.45) is 0 Å². The molecule has 19 heavy (non-hydrogen) atoms. The molecule has 1 aromatic carbocycles. The number of carbonyl (C=O) groups is 1. The van der Waals surface area contributed by atoms with Gasteiger partial charge in [0.25, 0.3) is 0 Å². The Kier molecular flexibility index (Phi) is 4.91. The minimum atomic E-state index is -0.273. The van der Waals surface area contributed by atoms with Crippen LogP contribution >= 0.6 is 0 Å². The number of likely N-dealkylation sites (N-methyl/N-ethyl adjacent to an activating group) is 1. The first-order valence-corrected chi connectivity index (χ1v) is 6.92. The van der Waals surface area contributed by atoms with Crippen molar-refractivity contribution in [2.75, 3.05) is 7.05 Å². The summed E-state index contributed by atoms with van der Waals surface area (Å²) < 4.78 is 12.8. The van der Waals surface area contributed by atoms with Gasteiger partial charge in [-0.25, -0.2) is 9.82 Å². The highest BCUT2D eigenvalue weighted by molar-refractivity contribution is 5.78. The van der Waals surface area contributed by atoms with Gasteiger partial charge < -0.3 is 0 Å². The first-order valence-electron chi connectivity index (χ1n) is 6.92. The van der Waals surface area contributed by atoms with Gasteiger partial charge >= 0.3 is 0 Å². The van der Waals surface area contributed by atoms with E-state index in [4.69, 9.17) is 0 Å². The normalized spacial score (nSPS) is 16.3. The summed E-state index contributed by atoms with van der Waals surface area (Å²) in [6.45, 7) is 0. The molecule has 0 spiro atoms. The topological polar surface area (TPSA) is 32.3 Å².